The number of hydrogen-bond donors (Lipinski definition) is 1. The number of nitrogens with one attached hydrogen (secondary N) is 1. The molecule has 1 saturated carbocycles. The minimum atomic E-state index is 0.388. The summed E-state index contributed by atoms with van der Waals surface area (Å²) in [5, 5.41) is 5.83. The normalized spacial score (nSPS) is 27.4. The monoisotopic (exact) mass is 223 g/mol. The van der Waals surface area contributed by atoms with Gasteiger partial charge in [0.1, 0.15) is 0 Å². The fourth-order valence-corrected chi connectivity index (χ4v) is 3.53. The molecule has 2 atom stereocenters. The van der Waals surface area contributed by atoms with E-state index in [1.165, 1.54) is 24.8 Å². The molecule has 1 aliphatic carbocycles. The van der Waals surface area contributed by atoms with E-state index in [0.29, 0.717) is 12.1 Å². The molecule has 2 nitrogen and oxygen atoms in total. The van der Waals surface area contributed by atoms with Crippen molar-refractivity contribution in [2.24, 2.45) is 5.92 Å². The Morgan fingerprint density at radius 1 is 1.53 bits per heavy atom. The van der Waals surface area contributed by atoms with Crippen LogP contribution in [0, 0.1) is 5.92 Å². The molecule has 1 N–H and O–H groups in total. The number of thiophene rings is 1. The largest absolute Gasteiger partial charge is 0.379 e. The minimum Gasteiger partial charge on any atom is -0.379 e. The molecule has 1 aromatic heterocycles. The predicted molar refractivity (Wildman–Crippen MR) is 62.3 cm³/mol. The van der Waals surface area contributed by atoms with E-state index in [2.05, 4.69) is 16.8 Å². The van der Waals surface area contributed by atoms with Gasteiger partial charge >= 0.3 is 0 Å². The van der Waals surface area contributed by atoms with Crippen LogP contribution in [0.5, 0.6) is 0 Å². The van der Waals surface area contributed by atoms with E-state index in [-0.39, 0.29) is 0 Å². The van der Waals surface area contributed by atoms with Crippen molar-refractivity contribution in [1.29, 1.82) is 0 Å². The van der Waals surface area contributed by atoms with Gasteiger partial charge in [-0.3, -0.25) is 0 Å². The molecule has 0 aromatic carbocycles. The van der Waals surface area contributed by atoms with Crippen molar-refractivity contribution in [3.05, 3.63) is 21.9 Å². The van der Waals surface area contributed by atoms with E-state index < -0.39 is 0 Å². The quantitative estimate of drug-likeness (QED) is 0.849. The van der Waals surface area contributed by atoms with Crippen molar-refractivity contribution < 1.29 is 4.74 Å². The van der Waals surface area contributed by atoms with Gasteiger partial charge in [0.05, 0.1) is 12.1 Å². The number of ether oxygens (including phenoxy) is 1. The summed E-state index contributed by atoms with van der Waals surface area (Å²) >= 11 is 1.89. The highest BCUT2D eigenvalue weighted by Crippen LogP contribution is 2.42. The second-order valence-electron chi connectivity index (χ2n) is 4.52. The number of fused-ring (bicyclic) bond motifs is 1. The first-order valence-electron chi connectivity index (χ1n) is 5.72. The standard InChI is InChI=1S/C12H17NOS/c1-14-12(8-2-3-8)11-9-5-7-15-10(9)4-6-13-11/h5,7-8,11-13H,2-4,6H2,1H3. The molecular weight excluding hydrogens is 206 g/mol. The third kappa shape index (κ3) is 1.73. The maximum Gasteiger partial charge on any atom is 0.0794 e. The second kappa shape index (κ2) is 3.89. The van der Waals surface area contributed by atoms with Crippen molar-refractivity contribution in [3.8, 4) is 0 Å². The minimum absolute atomic E-state index is 0.388. The molecule has 1 aromatic rings. The van der Waals surface area contributed by atoms with Gasteiger partial charge in [-0.2, -0.15) is 0 Å². The number of rotatable bonds is 3. The van der Waals surface area contributed by atoms with Crippen LogP contribution < -0.4 is 5.32 Å². The van der Waals surface area contributed by atoms with Crippen molar-refractivity contribution in [2.75, 3.05) is 13.7 Å². The summed E-state index contributed by atoms with van der Waals surface area (Å²) in [6, 6.07) is 2.71. The van der Waals surface area contributed by atoms with E-state index in [1.807, 2.05) is 18.4 Å². The molecule has 0 amide bonds. The molecule has 82 valence electrons. The number of hydrogen-bond acceptors (Lipinski definition) is 3. The van der Waals surface area contributed by atoms with Crippen LogP contribution in [-0.2, 0) is 11.2 Å². The number of methoxy groups -OCH3 is 1. The fourth-order valence-electron chi connectivity index (χ4n) is 2.60. The third-order valence-corrected chi connectivity index (χ3v) is 4.52. The van der Waals surface area contributed by atoms with Crippen molar-refractivity contribution in [3.63, 3.8) is 0 Å². The lowest BCUT2D eigenvalue weighted by molar-refractivity contribution is 0.0490. The predicted octanol–water partition coefficient (Wildman–Crippen LogP) is 2.36. The van der Waals surface area contributed by atoms with Crippen molar-refractivity contribution in [2.45, 2.75) is 31.4 Å². The van der Waals surface area contributed by atoms with E-state index in [9.17, 15) is 0 Å². The van der Waals surface area contributed by atoms with Crippen LogP contribution >= 0.6 is 11.3 Å². The fraction of sp³-hybridized carbons (Fsp3) is 0.667. The average Bonchev–Trinajstić information content (AvgIpc) is 2.97. The highest BCUT2D eigenvalue weighted by Gasteiger charge is 2.39. The highest BCUT2D eigenvalue weighted by molar-refractivity contribution is 7.10. The summed E-state index contributed by atoms with van der Waals surface area (Å²) in [7, 11) is 1.85. The Labute approximate surface area is 94.6 Å². The second-order valence-corrected chi connectivity index (χ2v) is 5.52. The summed E-state index contributed by atoms with van der Waals surface area (Å²) in [6.45, 7) is 1.10. The Balaban J connectivity index is 1.87. The van der Waals surface area contributed by atoms with E-state index in [1.54, 1.807) is 4.88 Å². The molecule has 3 heteroatoms. The summed E-state index contributed by atoms with van der Waals surface area (Å²) in [6.07, 6.45) is 4.26. The Bertz CT molecular complexity index is 345. The lowest BCUT2D eigenvalue weighted by Gasteiger charge is -2.31. The SMILES string of the molecule is COC(C1CC1)C1NCCc2sccc21. The molecule has 0 radical (unpaired) electrons. The van der Waals surface area contributed by atoms with Crippen LogP contribution in [0.2, 0.25) is 0 Å². The molecule has 15 heavy (non-hydrogen) atoms. The molecule has 0 spiro atoms. The summed E-state index contributed by atoms with van der Waals surface area (Å²) in [5.74, 6) is 0.790. The van der Waals surface area contributed by atoms with Crippen LogP contribution in [0.3, 0.4) is 0 Å². The van der Waals surface area contributed by atoms with Gasteiger partial charge in [0, 0.05) is 18.5 Å². The highest BCUT2D eigenvalue weighted by atomic mass is 32.1. The van der Waals surface area contributed by atoms with Crippen LogP contribution in [0.25, 0.3) is 0 Å². The van der Waals surface area contributed by atoms with Crippen molar-refractivity contribution >= 4 is 11.3 Å². The first-order chi connectivity index (χ1) is 7.40. The molecular formula is C12H17NOS. The summed E-state index contributed by atoms with van der Waals surface area (Å²) in [5.41, 5.74) is 1.49. The zero-order valence-electron chi connectivity index (χ0n) is 9.03. The first kappa shape index (κ1) is 9.82. The van der Waals surface area contributed by atoms with Crippen LogP contribution in [-0.4, -0.2) is 19.8 Å². The molecule has 1 aliphatic heterocycles. The van der Waals surface area contributed by atoms with Crippen LogP contribution in [0.4, 0.5) is 0 Å². The van der Waals surface area contributed by atoms with Gasteiger partial charge in [0.25, 0.3) is 0 Å². The molecule has 1 fully saturated rings. The molecule has 2 aliphatic rings. The maximum atomic E-state index is 5.68. The van der Waals surface area contributed by atoms with Crippen molar-refractivity contribution in [1.82, 2.24) is 5.32 Å². The average molecular weight is 223 g/mol. The molecule has 3 rings (SSSR count). The summed E-state index contributed by atoms with van der Waals surface area (Å²) in [4.78, 5) is 1.56. The van der Waals surface area contributed by atoms with Gasteiger partial charge in [0.15, 0.2) is 0 Å². The van der Waals surface area contributed by atoms with E-state index >= 15 is 0 Å². The zero-order chi connectivity index (χ0) is 10.3. The van der Waals surface area contributed by atoms with E-state index in [4.69, 9.17) is 4.74 Å². The first-order valence-corrected chi connectivity index (χ1v) is 6.60. The lowest BCUT2D eigenvalue weighted by atomic mass is 9.95. The Morgan fingerprint density at radius 3 is 3.13 bits per heavy atom. The lowest BCUT2D eigenvalue weighted by Crippen LogP contribution is -2.38. The molecule has 0 saturated heterocycles. The van der Waals surface area contributed by atoms with Gasteiger partial charge in [-0.15, -0.1) is 11.3 Å². The van der Waals surface area contributed by atoms with E-state index in [0.717, 1.165) is 12.5 Å². The molecule has 2 unspecified atom stereocenters. The smallest absolute Gasteiger partial charge is 0.0794 e. The summed E-state index contributed by atoms with van der Waals surface area (Å²) < 4.78 is 5.68. The van der Waals surface area contributed by atoms with Crippen LogP contribution in [0.15, 0.2) is 11.4 Å². The van der Waals surface area contributed by atoms with Gasteiger partial charge in [-0.25, -0.2) is 0 Å². The molecule has 2 heterocycles. The molecule has 0 bridgehead atoms. The van der Waals surface area contributed by atoms with Gasteiger partial charge in [0.2, 0.25) is 0 Å². The Morgan fingerprint density at radius 2 is 2.40 bits per heavy atom. The Hall–Kier alpha value is -0.380. The topological polar surface area (TPSA) is 21.3 Å². The van der Waals surface area contributed by atoms with Gasteiger partial charge in [-0.1, -0.05) is 0 Å². The zero-order valence-corrected chi connectivity index (χ0v) is 9.85. The Kier molecular flexibility index (Phi) is 2.54. The third-order valence-electron chi connectivity index (χ3n) is 3.52. The van der Waals surface area contributed by atoms with Gasteiger partial charge < -0.3 is 10.1 Å². The maximum absolute atomic E-state index is 5.68. The van der Waals surface area contributed by atoms with Crippen LogP contribution in [0.1, 0.15) is 29.3 Å². The van der Waals surface area contributed by atoms with Gasteiger partial charge in [-0.05, 0) is 42.2 Å².